The Bertz CT molecular complexity index is 141. The zero-order chi connectivity index (χ0) is 6.69. The van der Waals surface area contributed by atoms with Crippen LogP contribution in [0.2, 0.25) is 0 Å². The van der Waals surface area contributed by atoms with Crippen molar-refractivity contribution in [1.82, 2.24) is 0 Å². The fourth-order valence-electron chi connectivity index (χ4n) is 0.880. The number of nitrogens with one attached hydrogen (secondary N) is 1. The largest absolute Gasteiger partial charge is 0.444 e. The molecule has 1 fully saturated rings. The first-order valence-corrected chi connectivity index (χ1v) is 5.30. The molecule has 9 heavy (non-hydrogen) atoms. The van der Waals surface area contributed by atoms with Crippen LogP contribution in [0.4, 0.5) is 0 Å². The molecule has 1 rings (SSSR count). The minimum atomic E-state index is -1.34. The highest BCUT2D eigenvalue weighted by atomic mass is 32.2. The Kier molecular flexibility index (Phi) is 2.85. The third-order valence-corrected chi connectivity index (χ3v) is 4.15. The van der Waals surface area contributed by atoms with Gasteiger partial charge in [0.15, 0.2) is 0 Å². The zero-order valence-corrected chi connectivity index (χ0v) is 6.76. The summed E-state index contributed by atoms with van der Waals surface area (Å²) in [5.74, 6) is 1.09. The van der Waals surface area contributed by atoms with E-state index in [-0.39, 0.29) is 4.58 Å². The van der Waals surface area contributed by atoms with Crippen molar-refractivity contribution in [1.29, 1.82) is 4.78 Å². The van der Waals surface area contributed by atoms with Crippen molar-refractivity contribution >= 4 is 22.4 Å². The van der Waals surface area contributed by atoms with Crippen LogP contribution in [0, 0.1) is 4.78 Å². The second-order valence-electron chi connectivity index (χ2n) is 2.09. The molecule has 0 aromatic rings. The molecule has 1 aliphatic heterocycles. The second kappa shape index (κ2) is 3.46. The fourth-order valence-corrected chi connectivity index (χ4v) is 3.01. The van der Waals surface area contributed by atoms with Crippen molar-refractivity contribution < 1.29 is 4.21 Å². The number of hydrogen-bond acceptors (Lipinski definition) is 4. The highest BCUT2D eigenvalue weighted by Gasteiger charge is 2.06. The van der Waals surface area contributed by atoms with Crippen LogP contribution in [0.1, 0.15) is 19.3 Å². The van der Waals surface area contributed by atoms with E-state index in [1.165, 1.54) is 6.42 Å². The lowest BCUT2D eigenvalue weighted by Crippen LogP contribution is -2.08. The van der Waals surface area contributed by atoms with E-state index in [0.717, 1.165) is 18.6 Å². The minimum Gasteiger partial charge on any atom is -0.444 e. The van der Waals surface area contributed by atoms with Crippen LogP contribution in [0.5, 0.6) is 0 Å². The van der Waals surface area contributed by atoms with Crippen LogP contribution in [0.3, 0.4) is 0 Å². The molecule has 0 saturated carbocycles. The van der Waals surface area contributed by atoms with E-state index in [1.807, 2.05) is 0 Å². The van der Waals surface area contributed by atoms with E-state index in [1.54, 1.807) is 11.8 Å². The van der Waals surface area contributed by atoms with Gasteiger partial charge in [0, 0.05) is 0 Å². The van der Waals surface area contributed by atoms with Gasteiger partial charge in [-0.1, -0.05) is 12.8 Å². The Morgan fingerprint density at radius 2 is 2.33 bits per heavy atom. The molecule has 1 aliphatic rings. The first kappa shape index (κ1) is 7.41. The van der Waals surface area contributed by atoms with Crippen LogP contribution in [0.15, 0.2) is 0 Å². The highest BCUT2D eigenvalue weighted by molar-refractivity contribution is 8.08. The Balaban J connectivity index is 2.40. The average Bonchev–Trinajstić information content (AvgIpc) is 1.90. The lowest BCUT2D eigenvalue weighted by molar-refractivity contribution is 0.593. The summed E-state index contributed by atoms with van der Waals surface area (Å²) >= 11 is 1.68. The van der Waals surface area contributed by atoms with Crippen molar-refractivity contribution in [2.45, 2.75) is 23.8 Å². The SMILES string of the molecule is N=[S-](=O)C1CCCCS1. The van der Waals surface area contributed by atoms with Crippen LogP contribution in [0.25, 0.3) is 0 Å². The Hall–Kier alpha value is 0.300. The summed E-state index contributed by atoms with van der Waals surface area (Å²) < 4.78 is 17.6. The average molecular weight is 164 g/mol. The van der Waals surface area contributed by atoms with E-state index < -0.39 is 10.6 Å². The van der Waals surface area contributed by atoms with E-state index in [4.69, 9.17) is 4.78 Å². The van der Waals surface area contributed by atoms with E-state index >= 15 is 0 Å². The first-order valence-electron chi connectivity index (χ1n) is 3.04. The summed E-state index contributed by atoms with van der Waals surface area (Å²) in [6.07, 6.45) is 3.36. The molecule has 0 radical (unpaired) electrons. The maximum atomic E-state index is 10.6. The fraction of sp³-hybridized carbons (Fsp3) is 1.00. The van der Waals surface area contributed by atoms with Gasteiger partial charge in [0.05, 0.1) is 0 Å². The molecule has 1 N–H and O–H groups in total. The Morgan fingerprint density at radius 3 is 2.67 bits per heavy atom. The third-order valence-electron chi connectivity index (χ3n) is 1.38. The van der Waals surface area contributed by atoms with Crippen molar-refractivity contribution in [2.24, 2.45) is 0 Å². The van der Waals surface area contributed by atoms with E-state index in [2.05, 4.69) is 0 Å². The first-order chi connectivity index (χ1) is 4.30. The van der Waals surface area contributed by atoms with Gasteiger partial charge in [0.2, 0.25) is 0 Å². The van der Waals surface area contributed by atoms with Gasteiger partial charge in [-0.25, -0.2) is 0 Å². The second-order valence-corrected chi connectivity index (χ2v) is 4.87. The van der Waals surface area contributed by atoms with Gasteiger partial charge in [-0.05, 0) is 16.8 Å². The molecule has 0 bridgehead atoms. The van der Waals surface area contributed by atoms with Crippen molar-refractivity contribution in [3.63, 3.8) is 0 Å². The van der Waals surface area contributed by atoms with Crippen LogP contribution in [-0.2, 0) is 14.8 Å². The molecule has 1 atom stereocenters. The maximum absolute atomic E-state index is 10.6. The third kappa shape index (κ3) is 2.18. The molecule has 1 unspecified atom stereocenters. The Labute approximate surface area is 61.4 Å². The molecular formula is C5H10NOS2-. The smallest absolute Gasteiger partial charge is 0.00818 e. The molecule has 2 nitrogen and oxygen atoms in total. The maximum Gasteiger partial charge on any atom is -0.00818 e. The van der Waals surface area contributed by atoms with Gasteiger partial charge in [-0.3, -0.25) is 0 Å². The summed E-state index contributed by atoms with van der Waals surface area (Å²) in [4.78, 5) is 0. The predicted molar refractivity (Wildman–Crippen MR) is 40.9 cm³/mol. The number of hydrogen-bond donors (Lipinski definition) is 1. The van der Waals surface area contributed by atoms with Gasteiger partial charge in [-0.2, -0.15) is 22.4 Å². The molecular weight excluding hydrogens is 154 g/mol. The van der Waals surface area contributed by atoms with E-state index in [0.29, 0.717) is 0 Å². The Morgan fingerprint density at radius 1 is 1.56 bits per heavy atom. The minimum absolute atomic E-state index is 0.110. The van der Waals surface area contributed by atoms with E-state index in [9.17, 15) is 4.21 Å². The molecule has 0 aliphatic carbocycles. The molecule has 4 heteroatoms. The van der Waals surface area contributed by atoms with Crippen LogP contribution >= 0.6 is 11.8 Å². The summed E-state index contributed by atoms with van der Waals surface area (Å²) in [5.41, 5.74) is 0. The molecule has 0 aromatic heterocycles. The van der Waals surface area contributed by atoms with Crippen molar-refractivity contribution in [3.8, 4) is 0 Å². The normalized spacial score (nSPS) is 28.8. The standard InChI is InChI=1S/C5H10NOS2/c6-9(7)5-3-1-2-4-8-5/h5-6H,1-4H2/q-1. The lowest BCUT2D eigenvalue weighted by atomic mass is 10.3. The topological polar surface area (TPSA) is 40.9 Å². The zero-order valence-electron chi connectivity index (χ0n) is 5.13. The lowest BCUT2D eigenvalue weighted by Gasteiger charge is -2.22. The molecule has 1 heterocycles. The van der Waals surface area contributed by atoms with Gasteiger partial charge in [0.1, 0.15) is 0 Å². The number of rotatable bonds is 1. The van der Waals surface area contributed by atoms with Gasteiger partial charge in [0.25, 0.3) is 0 Å². The van der Waals surface area contributed by atoms with Crippen molar-refractivity contribution in [3.05, 3.63) is 0 Å². The molecule has 0 aromatic carbocycles. The quantitative estimate of drug-likeness (QED) is 0.602. The van der Waals surface area contributed by atoms with Gasteiger partial charge in [-0.15, -0.1) is 0 Å². The highest BCUT2D eigenvalue weighted by Crippen LogP contribution is 2.25. The summed E-state index contributed by atoms with van der Waals surface area (Å²) in [5, 5.41) is 0. The molecule has 0 spiro atoms. The number of thioether (sulfide) groups is 1. The van der Waals surface area contributed by atoms with Gasteiger partial charge < -0.3 is 8.99 Å². The summed E-state index contributed by atoms with van der Waals surface area (Å²) in [7, 11) is -1.34. The summed E-state index contributed by atoms with van der Waals surface area (Å²) in [6, 6.07) is 0. The van der Waals surface area contributed by atoms with Crippen LogP contribution in [-0.4, -0.2) is 10.3 Å². The summed E-state index contributed by atoms with van der Waals surface area (Å²) in [6.45, 7) is 0. The van der Waals surface area contributed by atoms with Gasteiger partial charge >= 0.3 is 0 Å². The van der Waals surface area contributed by atoms with Crippen molar-refractivity contribution in [2.75, 3.05) is 5.75 Å². The monoisotopic (exact) mass is 164 g/mol. The molecule has 1 saturated heterocycles. The molecule has 54 valence electrons. The van der Waals surface area contributed by atoms with Crippen LogP contribution < -0.4 is 0 Å². The molecule has 0 amide bonds. The predicted octanol–water partition coefficient (Wildman–Crippen LogP) is 1.96.